The number of aliphatic hydroxyl groups is 1. The molecule has 0 saturated carbocycles. The van der Waals surface area contributed by atoms with E-state index >= 15 is 0 Å². The lowest BCUT2D eigenvalue weighted by Crippen LogP contribution is -2.43. The van der Waals surface area contributed by atoms with Gasteiger partial charge in [-0.25, -0.2) is 4.98 Å². The van der Waals surface area contributed by atoms with Crippen molar-refractivity contribution in [2.45, 2.75) is 19.4 Å². The Morgan fingerprint density at radius 2 is 2.00 bits per heavy atom. The van der Waals surface area contributed by atoms with Crippen molar-refractivity contribution in [3.05, 3.63) is 24.3 Å². The van der Waals surface area contributed by atoms with Gasteiger partial charge in [-0.1, -0.05) is 19.1 Å². The van der Waals surface area contributed by atoms with Gasteiger partial charge in [0.25, 0.3) is 0 Å². The smallest absolute Gasteiger partial charge is 0.246 e. The second-order valence-electron chi connectivity index (χ2n) is 4.88. The van der Waals surface area contributed by atoms with E-state index < -0.39 is 0 Å². The van der Waals surface area contributed by atoms with Crippen molar-refractivity contribution in [1.82, 2.24) is 15.2 Å². The predicted octanol–water partition coefficient (Wildman–Crippen LogP) is 1.23. The summed E-state index contributed by atoms with van der Waals surface area (Å²) in [6.07, 6.45) is 0.644. The van der Waals surface area contributed by atoms with Crippen LogP contribution in [0.3, 0.4) is 0 Å². The molecule has 1 aliphatic rings. The van der Waals surface area contributed by atoms with Gasteiger partial charge in [0.2, 0.25) is 5.95 Å². The van der Waals surface area contributed by atoms with Gasteiger partial charge in [-0.2, -0.15) is 0 Å². The molecule has 1 saturated heterocycles. The molecule has 1 N–H and O–H groups in total. The summed E-state index contributed by atoms with van der Waals surface area (Å²) in [5.74, 6) is 0.953. The number of piperidine rings is 1. The molecule has 2 heterocycles. The largest absolute Gasteiger partial charge is 0.391 e. The van der Waals surface area contributed by atoms with E-state index in [9.17, 15) is 5.11 Å². The molecule has 1 aliphatic heterocycles. The lowest BCUT2D eigenvalue weighted by molar-refractivity contribution is 0.102. The molecule has 2 unspecified atom stereocenters. The van der Waals surface area contributed by atoms with Crippen LogP contribution in [0.25, 0.3) is 11.0 Å². The highest BCUT2D eigenvalue weighted by Crippen LogP contribution is 2.21. The van der Waals surface area contributed by atoms with Crippen LogP contribution in [0.5, 0.6) is 0 Å². The summed E-state index contributed by atoms with van der Waals surface area (Å²) in [6, 6.07) is 7.68. The zero-order chi connectivity index (χ0) is 12.5. The topological polar surface area (TPSA) is 62.1 Å². The first kappa shape index (κ1) is 11.3. The van der Waals surface area contributed by atoms with Crippen LogP contribution in [0.2, 0.25) is 0 Å². The second kappa shape index (κ2) is 4.49. The summed E-state index contributed by atoms with van der Waals surface area (Å²) in [6.45, 7) is 3.53. The number of para-hydroxylation sites is 1. The monoisotopic (exact) mass is 244 g/mol. The molecule has 2 atom stereocenters. The van der Waals surface area contributed by atoms with Crippen molar-refractivity contribution >= 4 is 17.0 Å². The molecule has 1 aromatic carbocycles. The number of aliphatic hydroxyl groups excluding tert-OH is 1. The minimum absolute atomic E-state index is 0.311. The van der Waals surface area contributed by atoms with E-state index in [0.29, 0.717) is 18.4 Å². The minimum atomic E-state index is -0.311. The minimum Gasteiger partial charge on any atom is -0.391 e. The molecule has 0 spiro atoms. The average molecular weight is 244 g/mol. The third-order valence-corrected chi connectivity index (χ3v) is 3.55. The number of fused-ring (bicyclic) bond motifs is 1. The van der Waals surface area contributed by atoms with Crippen LogP contribution >= 0.6 is 0 Å². The Hall–Kier alpha value is -1.75. The third-order valence-electron chi connectivity index (χ3n) is 3.55. The molecule has 0 aliphatic carbocycles. The number of hydrogen-bond acceptors (Lipinski definition) is 5. The first-order chi connectivity index (χ1) is 8.74. The number of nitrogens with zero attached hydrogens (tertiary/aromatic N) is 4. The maximum absolute atomic E-state index is 9.91. The summed E-state index contributed by atoms with van der Waals surface area (Å²) in [4.78, 5) is 6.50. The second-order valence-corrected chi connectivity index (χ2v) is 4.88. The van der Waals surface area contributed by atoms with Gasteiger partial charge in [0.1, 0.15) is 5.52 Å². The van der Waals surface area contributed by atoms with E-state index in [4.69, 9.17) is 0 Å². The Labute approximate surface area is 105 Å². The van der Waals surface area contributed by atoms with Crippen LogP contribution < -0.4 is 4.90 Å². The average Bonchev–Trinajstić information content (AvgIpc) is 2.41. The fourth-order valence-corrected chi connectivity index (χ4v) is 2.24. The summed E-state index contributed by atoms with van der Waals surface area (Å²) >= 11 is 0. The number of benzene rings is 1. The van der Waals surface area contributed by atoms with E-state index in [1.54, 1.807) is 0 Å². The third kappa shape index (κ3) is 2.01. The van der Waals surface area contributed by atoms with E-state index in [-0.39, 0.29) is 6.10 Å². The molecule has 0 radical (unpaired) electrons. The highest BCUT2D eigenvalue weighted by atomic mass is 16.3. The van der Waals surface area contributed by atoms with Gasteiger partial charge >= 0.3 is 0 Å². The van der Waals surface area contributed by atoms with Gasteiger partial charge in [-0.3, -0.25) is 0 Å². The molecule has 0 amide bonds. The Balaban J connectivity index is 1.90. The normalized spacial score (nSPS) is 24.4. The first-order valence-electron chi connectivity index (χ1n) is 6.26. The van der Waals surface area contributed by atoms with Crippen molar-refractivity contribution in [3.63, 3.8) is 0 Å². The lowest BCUT2D eigenvalue weighted by Gasteiger charge is -2.33. The van der Waals surface area contributed by atoms with E-state index in [2.05, 4.69) is 22.1 Å². The van der Waals surface area contributed by atoms with Crippen molar-refractivity contribution < 1.29 is 5.11 Å². The zero-order valence-electron chi connectivity index (χ0n) is 10.3. The predicted molar refractivity (Wildman–Crippen MR) is 69.3 cm³/mol. The Bertz CT molecular complexity index is 559. The first-order valence-corrected chi connectivity index (χ1v) is 6.26. The Morgan fingerprint density at radius 3 is 2.78 bits per heavy atom. The highest BCUT2D eigenvalue weighted by molar-refractivity contribution is 5.74. The van der Waals surface area contributed by atoms with E-state index in [1.807, 2.05) is 29.2 Å². The fourth-order valence-electron chi connectivity index (χ4n) is 2.24. The summed E-state index contributed by atoms with van der Waals surface area (Å²) in [5.41, 5.74) is 1.64. The van der Waals surface area contributed by atoms with Crippen molar-refractivity contribution in [3.8, 4) is 0 Å². The van der Waals surface area contributed by atoms with Gasteiger partial charge in [0.15, 0.2) is 0 Å². The molecule has 18 heavy (non-hydrogen) atoms. The van der Waals surface area contributed by atoms with Crippen molar-refractivity contribution in [2.24, 2.45) is 5.92 Å². The molecule has 94 valence electrons. The van der Waals surface area contributed by atoms with E-state index in [0.717, 1.165) is 24.0 Å². The SMILES string of the molecule is CC1CCN(c2nnc3ccccc3n2)CC1O. The number of aromatic nitrogens is 3. The maximum Gasteiger partial charge on any atom is 0.246 e. The Kier molecular flexibility index (Phi) is 2.83. The van der Waals surface area contributed by atoms with Gasteiger partial charge in [0, 0.05) is 13.1 Å². The Morgan fingerprint density at radius 1 is 1.22 bits per heavy atom. The highest BCUT2D eigenvalue weighted by Gasteiger charge is 2.25. The van der Waals surface area contributed by atoms with Crippen LogP contribution in [0, 0.1) is 5.92 Å². The van der Waals surface area contributed by atoms with Crippen LogP contribution in [0.1, 0.15) is 13.3 Å². The zero-order valence-corrected chi connectivity index (χ0v) is 10.3. The molecule has 2 aromatic rings. The molecule has 0 bridgehead atoms. The molecule has 1 fully saturated rings. The molecule has 5 nitrogen and oxygen atoms in total. The summed E-state index contributed by atoms with van der Waals surface area (Å²) < 4.78 is 0. The van der Waals surface area contributed by atoms with Crippen molar-refractivity contribution in [2.75, 3.05) is 18.0 Å². The van der Waals surface area contributed by atoms with Gasteiger partial charge in [-0.15, -0.1) is 10.2 Å². The number of hydrogen-bond donors (Lipinski definition) is 1. The molecule has 1 aromatic heterocycles. The molecular weight excluding hydrogens is 228 g/mol. The lowest BCUT2D eigenvalue weighted by atomic mass is 9.96. The van der Waals surface area contributed by atoms with Gasteiger partial charge < -0.3 is 10.0 Å². The molecule has 3 rings (SSSR count). The maximum atomic E-state index is 9.91. The van der Waals surface area contributed by atoms with Gasteiger partial charge in [0.05, 0.1) is 11.6 Å². The molecular formula is C13H16N4O. The van der Waals surface area contributed by atoms with Crippen molar-refractivity contribution in [1.29, 1.82) is 0 Å². The van der Waals surface area contributed by atoms with E-state index in [1.165, 1.54) is 0 Å². The molecule has 5 heteroatoms. The summed E-state index contributed by atoms with van der Waals surface area (Å²) in [7, 11) is 0. The fraction of sp³-hybridized carbons (Fsp3) is 0.462. The number of anilines is 1. The summed E-state index contributed by atoms with van der Waals surface area (Å²) in [5, 5.41) is 18.2. The van der Waals surface area contributed by atoms with Gasteiger partial charge in [-0.05, 0) is 24.5 Å². The van der Waals surface area contributed by atoms with Crippen LogP contribution in [-0.4, -0.2) is 39.5 Å². The van der Waals surface area contributed by atoms with Crippen LogP contribution in [-0.2, 0) is 0 Å². The number of β-amino-alcohol motifs (C(OH)–C–C–N with tert-alkyl or cyclic N) is 1. The van der Waals surface area contributed by atoms with Crippen LogP contribution in [0.15, 0.2) is 24.3 Å². The number of rotatable bonds is 1. The van der Waals surface area contributed by atoms with Crippen LogP contribution in [0.4, 0.5) is 5.95 Å². The standard InChI is InChI=1S/C13H16N4O/c1-9-6-7-17(8-12(9)18)13-14-10-4-2-3-5-11(10)15-16-13/h2-5,9,12,18H,6-8H2,1H3. The quantitative estimate of drug-likeness (QED) is 0.817.